The highest BCUT2D eigenvalue weighted by molar-refractivity contribution is 9.42. The molecular formula is C18H33Br2P. The lowest BCUT2D eigenvalue weighted by molar-refractivity contribution is -0.00000409. The summed E-state index contributed by atoms with van der Waals surface area (Å²) in [6.07, 6.45) is 23.1. The summed E-state index contributed by atoms with van der Waals surface area (Å²) in [4.78, 5) is 0. The fourth-order valence-electron chi connectivity index (χ4n) is 5.32. The van der Waals surface area contributed by atoms with Gasteiger partial charge in [0.05, 0.1) is 22.9 Å². The monoisotopic (exact) mass is 438 g/mol. The normalized spacial score (nSPS) is 27.3. The third-order valence-electron chi connectivity index (χ3n) is 6.40. The van der Waals surface area contributed by atoms with Crippen molar-refractivity contribution in [2.45, 2.75) is 113 Å². The minimum Gasteiger partial charge on any atom is -1.00 e. The van der Waals surface area contributed by atoms with Gasteiger partial charge < -0.3 is 17.0 Å². The van der Waals surface area contributed by atoms with Gasteiger partial charge in [-0.15, -0.1) is 0 Å². The molecule has 3 fully saturated rings. The van der Waals surface area contributed by atoms with Gasteiger partial charge in [0, 0.05) is 0 Å². The molecule has 3 saturated carbocycles. The van der Waals surface area contributed by atoms with E-state index in [0.717, 1.165) is 17.0 Å². The Bertz CT molecular complexity index is 244. The van der Waals surface area contributed by atoms with Crippen molar-refractivity contribution in [2.24, 2.45) is 0 Å². The minimum absolute atomic E-state index is 0. The quantitative estimate of drug-likeness (QED) is 0.574. The summed E-state index contributed by atoms with van der Waals surface area (Å²) >= 11 is 4.58. The summed E-state index contributed by atoms with van der Waals surface area (Å²) in [6, 6.07) is 0. The van der Waals surface area contributed by atoms with E-state index in [1.54, 1.807) is 38.5 Å². The van der Waals surface area contributed by atoms with Crippen molar-refractivity contribution in [1.82, 2.24) is 0 Å². The summed E-state index contributed by atoms with van der Waals surface area (Å²) in [7, 11) is 0. The molecule has 0 atom stereocenters. The number of hydrogen-bond acceptors (Lipinski definition) is 0. The molecule has 0 aliphatic heterocycles. The maximum atomic E-state index is 4.58. The predicted molar refractivity (Wildman–Crippen MR) is 96.5 cm³/mol. The van der Waals surface area contributed by atoms with Gasteiger partial charge >= 0.3 is 0 Å². The molecule has 0 spiro atoms. The van der Waals surface area contributed by atoms with Crippen molar-refractivity contribution in [3.63, 3.8) is 0 Å². The van der Waals surface area contributed by atoms with Crippen LogP contribution in [-0.2, 0) is 0 Å². The summed E-state index contributed by atoms with van der Waals surface area (Å²) < 4.78 is 0. The van der Waals surface area contributed by atoms with Crippen molar-refractivity contribution in [2.75, 3.05) is 0 Å². The van der Waals surface area contributed by atoms with E-state index in [0.29, 0.717) is 0 Å². The second-order valence-electron chi connectivity index (χ2n) is 7.62. The van der Waals surface area contributed by atoms with E-state index in [9.17, 15) is 0 Å². The molecule has 0 saturated heterocycles. The van der Waals surface area contributed by atoms with Gasteiger partial charge in [0.15, 0.2) is 0 Å². The highest BCUT2D eigenvalue weighted by atomic mass is 79.9. The first kappa shape index (κ1) is 18.7. The van der Waals surface area contributed by atoms with Crippen LogP contribution in [0.1, 0.15) is 96.3 Å². The largest absolute Gasteiger partial charge is 1.00 e. The van der Waals surface area contributed by atoms with E-state index in [4.69, 9.17) is 0 Å². The molecule has 3 rings (SSSR count). The molecular weight excluding hydrogens is 407 g/mol. The number of rotatable bonds is 3. The molecule has 0 amide bonds. The van der Waals surface area contributed by atoms with Gasteiger partial charge in [-0.25, -0.2) is 0 Å². The molecule has 0 aromatic rings. The van der Waals surface area contributed by atoms with Crippen LogP contribution in [-0.4, -0.2) is 17.0 Å². The van der Waals surface area contributed by atoms with Gasteiger partial charge in [-0.3, -0.25) is 0 Å². The summed E-state index contributed by atoms with van der Waals surface area (Å²) in [5, 5.41) is 0. The van der Waals surface area contributed by atoms with Crippen LogP contribution >= 0.6 is 21.5 Å². The van der Waals surface area contributed by atoms with Gasteiger partial charge in [-0.2, -0.15) is 0 Å². The first-order valence-corrected chi connectivity index (χ1v) is 13.4. The summed E-state index contributed by atoms with van der Waals surface area (Å²) in [5.74, 6) is -0.883. The number of halogens is 2. The van der Waals surface area contributed by atoms with Gasteiger partial charge in [-0.05, 0) is 77.0 Å². The molecule has 0 nitrogen and oxygen atoms in total. The smallest absolute Gasteiger partial charge is 0.139 e. The Labute approximate surface area is 151 Å². The fraction of sp³-hybridized carbons (Fsp3) is 1.00. The molecule has 124 valence electrons. The fourth-order valence-corrected chi connectivity index (χ4v) is 14.3. The first-order chi connectivity index (χ1) is 9.82. The number of hydrogen-bond donors (Lipinski definition) is 0. The zero-order chi connectivity index (χ0) is 13.8. The van der Waals surface area contributed by atoms with Gasteiger partial charge in [0.25, 0.3) is 0 Å². The third-order valence-corrected chi connectivity index (χ3v) is 16.5. The average Bonchev–Trinajstić information content (AvgIpc) is 2.56. The predicted octanol–water partition coefficient (Wildman–Crippen LogP) is 4.32. The summed E-state index contributed by atoms with van der Waals surface area (Å²) in [6.45, 7) is 0. The van der Waals surface area contributed by atoms with Crippen LogP contribution in [0.15, 0.2) is 0 Å². The second-order valence-corrected chi connectivity index (χ2v) is 15.0. The van der Waals surface area contributed by atoms with E-state index >= 15 is 0 Å². The first-order valence-electron chi connectivity index (χ1n) is 9.39. The Balaban J connectivity index is 0.00000161. The molecule has 0 radical (unpaired) electrons. The van der Waals surface area contributed by atoms with Crippen LogP contribution in [0, 0.1) is 0 Å². The maximum Gasteiger partial charge on any atom is 0.139 e. The Morgan fingerprint density at radius 3 is 0.952 bits per heavy atom. The van der Waals surface area contributed by atoms with Crippen LogP contribution in [0.25, 0.3) is 0 Å². The molecule has 21 heavy (non-hydrogen) atoms. The maximum absolute atomic E-state index is 4.58. The zero-order valence-corrected chi connectivity index (χ0v) is 17.6. The molecule has 3 aliphatic carbocycles. The standard InChI is InChI=1S/C18H33BrP.BrH/c19-20(16-10-4-1-5-11-16,17-12-6-2-7-13-17)18-14-8-3-9-15-18;/h16-18H,1-15H2;1H/q+1;/p-1. The van der Waals surface area contributed by atoms with Gasteiger partial charge in [-0.1, -0.05) is 19.3 Å². The van der Waals surface area contributed by atoms with Crippen molar-refractivity contribution in [3.8, 4) is 0 Å². The molecule has 0 aromatic heterocycles. The van der Waals surface area contributed by atoms with Gasteiger partial charge in [0.1, 0.15) is 15.5 Å². The minimum atomic E-state index is -0.883. The lowest BCUT2D eigenvalue weighted by Crippen LogP contribution is -3.00. The van der Waals surface area contributed by atoms with Crippen LogP contribution in [0.2, 0.25) is 0 Å². The third kappa shape index (κ3) is 4.27. The van der Waals surface area contributed by atoms with E-state index in [1.165, 1.54) is 57.8 Å². The van der Waals surface area contributed by atoms with E-state index < -0.39 is 5.96 Å². The van der Waals surface area contributed by atoms with Gasteiger partial charge in [0.2, 0.25) is 0 Å². The highest BCUT2D eigenvalue weighted by Gasteiger charge is 2.56. The Morgan fingerprint density at radius 2 is 0.714 bits per heavy atom. The molecule has 0 heterocycles. The molecule has 0 N–H and O–H groups in total. The van der Waals surface area contributed by atoms with Crippen LogP contribution in [0.4, 0.5) is 0 Å². The van der Waals surface area contributed by atoms with Crippen molar-refractivity contribution in [3.05, 3.63) is 0 Å². The lowest BCUT2D eigenvalue weighted by Gasteiger charge is -2.44. The van der Waals surface area contributed by atoms with Crippen molar-refractivity contribution in [1.29, 1.82) is 0 Å². The molecule has 3 heteroatoms. The van der Waals surface area contributed by atoms with Crippen LogP contribution in [0.5, 0.6) is 0 Å². The summed E-state index contributed by atoms with van der Waals surface area (Å²) in [5.41, 5.74) is 3.30. The molecule has 0 aromatic carbocycles. The Kier molecular flexibility index (Phi) is 8.05. The second kappa shape index (κ2) is 9.03. The topological polar surface area (TPSA) is 0 Å². The zero-order valence-electron chi connectivity index (χ0n) is 13.5. The lowest BCUT2D eigenvalue weighted by atomic mass is 9.99. The Hall–Kier alpha value is 1.39. The van der Waals surface area contributed by atoms with Crippen molar-refractivity contribution < 1.29 is 17.0 Å². The van der Waals surface area contributed by atoms with Crippen LogP contribution in [0.3, 0.4) is 0 Å². The molecule has 3 aliphatic rings. The van der Waals surface area contributed by atoms with Crippen molar-refractivity contribution >= 4 is 21.5 Å². The van der Waals surface area contributed by atoms with E-state index in [1.807, 2.05) is 0 Å². The van der Waals surface area contributed by atoms with E-state index in [2.05, 4.69) is 15.5 Å². The molecule has 0 bridgehead atoms. The Morgan fingerprint density at radius 1 is 0.476 bits per heavy atom. The van der Waals surface area contributed by atoms with E-state index in [-0.39, 0.29) is 17.0 Å². The average molecular weight is 440 g/mol. The van der Waals surface area contributed by atoms with Crippen LogP contribution < -0.4 is 17.0 Å². The highest BCUT2D eigenvalue weighted by Crippen LogP contribution is 2.82. The SMILES string of the molecule is Br[P+](C1CCCCC1)(C1CCCCC1)C1CCCCC1.[Br-]. The molecule has 0 unspecified atom stereocenters.